The Morgan fingerprint density at radius 2 is 1.95 bits per heavy atom. The van der Waals surface area contributed by atoms with Crippen LogP contribution in [0.1, 0.15) is 18.9 Å². The van der Waals surface area contributed by atoms with Crippen LogP contribution in [0.25, 0.3) is 0 Å². The number of benzene rings is 1. The molecule has 1 aromatic rings. The van der Waals surface area contributed by atoms with E-state index in [-0.39, 0.29) is 11.9 Å². The van der Waals surface area contributed by atoms with Crippen LogP contribution in [0.4, 0.5) is 16.2 Å². The molecule has 0 radical (unpaired) electrons. The Bertz CT molecular complexity index is 525. The highest BCUT2D eigenvalue weighted by atomic mass is 16.5. The molecule has 114 valence electrons. The first kappa shape index (κ1) is 15.3. The summed E-state index contributed by atoms with van der Waals surface area (Å²) in [5.41, 5.74) is 2.34. The Balaban J connectivity index is 2.05. The highest BCUT2D eigenvalue weighted by molar-refractivity contribution is 5.94. The molecule has 2 rings (SSSR count). The van der Waals surface area contributed by atoms with Crippen LogP contribution in [0.2, 0.25) is 0 Å². The molecule has 1 heterocycles. The maximum Gasteiger partial charge on any atom is 0.322 e. The molecule has 0 unspecified atom stereocenters. The molecule has 2 N–H and O–H groups in total. The van der Waals surface area contributed by atoms with Gasteiger partial charge in [-0.25, -0.2) is 4.79 Å². The lowest BCUT2D eigenvalue weighted by Gasteiger charge is -2.27. The van der Waals surface area contributed by atoms with Gasteiger partial charge < -0.3 is 20.3 Å². The van der Waals surface area contributed by atoms with E-state index in [2.05, 4.69) is 10.6 Å². The number of carbonyl (C=O) groups excluding carboxylic acids is 2. The predicted molar refractivity (Wildman–Crippen MR) is 81.5 cm³/mol. The number of rotatable bonds is 3. The van der Waals surface area contributed by atoms with E-state index in [9.17, 15) is 9.59 Å². The molecular formula is C15H21N3O3. The van der Waals surface area contributed by atoms with Gasteiger partial charge in [-0.1, -0.05) is 13.0 Å². The minimum absolute atomic E-state index is 0.0516. The van der Waals surface area contributed by atoms with Crippen LogP contribution in [0.3, 0.4) is 0 Å². The van der Waals surface area contributed by atoms with Gasteiger partial charge in [0.1, 0.15) is 0 Å². The minimum atomic E-state index is -0.139. The summed E-state index contributed by atoms with van der Waals surface area (Å²) in [4.78, 5) is 25.3. The Hall–Kier alpha value is -2.08. The summed E-state index contributed by atoms with van der Waals surface area (Å²) < 4.78 is 5.23. The SMILES string of the molecule is CCC(=O)Nc1ccc(C)c(NC(=O)N2CCOCC2)c1. The topological polar surface area (TPSA) is 70.7 Å². The number of nitrogens with one attached hydrogen (secondary N) is 2. The number of carbonyl (C=O) groups is 2. The van der Waals surface area contributed by atoms with Gasteiger partial charge in [0.15, 0.2) is 0 Å². The smallest absolute Gasteiger partial charge is 0.322 e. The average molecular weight is 291 g/mol. The quantitative estimate of drug-likeness (QED) is 0.897. The molecule has 0 atom stereocenters. The lowest BCUT2D eigenvalue weighted by Crippen LogP contribution is -2.43. The van der Waals surface area contributed by atoms with Crippen LogP contribution in [-0.4, -0.2) is 43.1 Å². The first-order valence-electron chi connectivity index (χ1n) is 7.14. The summed E-state index contributed by atoms with van der Waals surface area (Å²) in [6.45, 7) is 6.04. The molecule has 0 spiro atoms. The van der Waals surface area contributed by atoms with Crippen LogP contribution < -0.4 is 10.6 Å². The molecule has 0 aromatic heterocycles. The van der Waals surface area contributed by atoms with Crippen molar-refractivity contribution in [1.29, 1.82) is 0 Å². The van der Waals surface area contributed by atoms with Gasteiger partial charge in [0.05, 0.1) is 13.2 Å². The Kier molecular flexibility index (Phi) is 5.16. The summed E-state index contributed by atoms with van der Waals surface area (Å²) in [7, 11) is 0. The normalized spacial score (nSPS) is 14.7. The first-order chi connectivity index (χ1) is 10.1. The fraction of sp³-hybridized carbons (Fsp3) is 0.467. The van der Waals surface area contributed by atoms with Gasteiger partial charge in [-0.15, -0.1) is 0 Å². The van der Waals surface area contributed by atoms with Gasteiger partial charge in [0.2, 0.25) is 5.91 Å². The third-order valence-corrected chi connectivity index (χ3v) is 3.38. The van der Waals surface area contributed by atoms with Crippen molar-refractivity contribution >= 4 is 23.3 Å². The largest absolute Gasteiger partial charge is 0.378 e. The van der Waals surface area contributed by atoms with Gasteiger partial charge in [-0.05, 0) is 24.6 Å². The molecule has 0 saturated carbocycles. The fourth-order valence-electron chi connectivity index (χ4n) is 2.04. The van der Waals surface area contributed by atoms with Crippen LogP contribution in [-0.2, 0) is 9.53 Å². The van der Waals surface area contributed by atoms with E-state index in [4.69, 9.17) is 4.74 Å². The number of urea groups is 1. The summed E-state index contributed by atoms with van der Waals surface area (Å²) in [5.74, 6) is -0.0516. The molecule has 1 fully saturated rings. The highest BCUT2D eigenvalue weighted by Crippen LogP contribution is 2.21. The van der Waals surface area contributed by atoms with Crippen molar-refractivity contribution in [1.82, 2.24) is 4.90 Å². The number of ether oxygens (including phenoxy) is 1. The van der Waals surface area contributed by atoms with Crippen molar-refractivity contribution in [2.24, 2.45) is 0 Å². The molecule has 0 bridgehead atoms. The Morgan fingerprint density at radius 3 is 2.62 bits per heavy atom. The summed E-state index contributed by atoms with van der Waals surface area (Å²) >= 11 is 0. The van der Waals surface area contributed by atoms with Gasteiger partial charge >= 0.3 is 6.03 Å². The maximum atomic E-state index is 12.2. The summed E-state index contributed by atoms with van der Waals surface area (Å²) in [5, 5.41) is 5.68. The monoisotopic (exact) mass is 291 g/mol. The van der Waals surface area contributed by atoms with Gasteiger partial charge in [-0.3, -0.25) is 4.79 Å². The zero-order valence-electron chi connectivity index (χ0n) is 12.4. The van der Waals surface area contributed by atoms with E-state index in [0.29, 0.717) is 44.1 Å². The van der Waals surface area contributed by atoms with E-state index in [0.717, 1.165) is 5.56 Å². The molecule has 6 heteroatoms. The van der Waals surface area contributed by atoms with E-state index in [1.807, 2.05) is 19.1 Å². The molecule has 21 heavy (non-hydrogen) atoms. The van der Waals surface area contributed by atoms with E-state index in [1.54, 1.807) is 17.9 Å². The molecule has 1 aromatic carbocycles. The second-order valence-electron chi connectivity index (χ2n) is 4.96. The second-order valence-corrected chi connectivity index (χ2v) is 4.96. The fourth-order valence-corrected chi connectivity index (χ4v) is 2.04. The van der Waals surface area contributed by atoms with Crippen LogP contribution in [0.15, 0.2) is 18.2 Å². The van der Waals surface area contributed by atoms with Crippen molar-refractivity contribution in [3.05, 3.63) is 23.8 Å². The Labute approximate surface area is 124 Å². The highest BCUT2D eigenvalue weighted by Gasteiger charge is 2.17. The zero-order chi connectivity index (χ0) is 15.2. The number of aryl methyl sites for hydroxylation is 1. The third-order valence-electron chi connectivity index (χ3n) is 3.38. The molecule has 0 aliphatic carbocycles. The van der Waals surface area contributed by atoms with Crippen molar-refractivity contribution in [3.63, 3.8) is 0 Å². The molecule has 1 aliphatic rings. The number of nitrogens with zero attached hydrogens (tertiary/aromatic N) is 1. The third kappa shape index (κ3) is 4.19. The first-order valence-corrected chi connectivity index (χ1v) is 7.14. The molecule has 3 amide bonds. The number of morpholine rings is 1. The lowest BCUT2D eigenvalue weighted by atomic mass is 10.1. The predicted octanol–water partition coefficient (Wildman–Crippen LogP) is 2.21. The standard InChI is InChI=1S/C15H21N3O3/c1-3-14(19)16-12-5-4-11(2)13(10-12)17-15(20)18-6-8-21-9-7-18/h4-5,10H,3,6-9H2,1-2H3,(H,16,19)(H,17,20). The van der Waals surface area contributed by atoms with Crippen molar-refractivity contribution in [3.8, 4) is 0 Å². The van der Waals surface area contributed by atoms with Gasteiger partial charge in [0, 0.05) is 30.9 Å². The van der Waals surface area contributed by atoms with E-state index >= 15 is 0 Å². The molecule has 1 aliphatic heterocycles. The average Bonchev–Trinajstić information content (AvgIpc) is 2.51. The van der Waals surface area contributed by atoms with Crippen molar-refractivity contribution < 1.29 is 14.3 Å². The number of amides is 3. The van der Waals surface area contributed by atoms with Crippen molar-refractivity contribution in [2.45, 2.75) is 20.3 Å². The molecule has 6 nitrogen and oxygen atoms in total. The van der Waals surface area contributed by atoms with E-state index in [1.165, 1.54) is 0 Å². The number of anilines is 2. The maximum absolute atomic E-state index is 12.2. The lowest BCUT2D eigenvalue weighted by molar-refractivity contribution is -0.115. The second kappa shape index (κ2) is 7.08. The number of hydrogen-bond donors (Lipinski definition) is 2. The molecule has 1 saturated heterocycles. The summed E-state index contributed by atoms with van der Waals surface area (Å²) in [6.07, 6.45) is 0.420. The van der Waals surface area contributed by atoms with Crippen LogP contribution >= 0.6 is 0 Å². The van der Waals surface area contributed by atoms with Crippen LogP contribution in [0.5, 0.6) is 0 Å². The minimum Gasteiger partial charge on any atom is -0.378 e. The summed E-state index contributed by atoms with van der Waals surface area (Å²) in [6, 6.07) is 5.34. The van der Waals surface area contributed by atoms with Gasteiger partial charge in [-0.2, -0.15) is 0 Å². The van der Waals surface area contributed by atoms with E-state index < -0.39 is 0 Å². The van der Waals surface area contributed by atoms with Crippen molar-refractivity contribution in [2.75, 3.05) is 36.9 Å². The number of hydrogen-bond acceptors (Lipinski definition) is 3. The molecular weight excluding hydrogens is 270 g/mol. The zero-order valence-corrected chi connectivity index (χ0v) is 12.4. The van der Waals surface area contributed by atoms with Gasteiger partial charge in [0.25, 0.3) is 0 Å². The van der Waals surface area contributed by atoms with Crippen LogP contribution in [0, 0.1) is 6.92 Å². The Morgan fingerprint density at radius 1 is 1.24 bits per heavy atom.